The normalized spacial score (nSPS) is 17.8. The van der Waals surface area contributed by atoms with E-state index >= 15 is 0 Å². The first-order chi connectivity index (χ1) is 11.0. The van der Waals surface area contributed by atoms with Gasteiger partial charge in [-0.15, -0.1) is 0 Å². The van der Waals surface area contributed by atoms with Crippen LogP contribution in [0.15, 0.2) is 24.3 Å². The van der Waals surface area contributed by atoms with E-state index in [0.29, 0.717) is 18.7 Å². The number of likely N-dealkylation sites (tertiary alicyclic amines) is 1. The van der Waals surface area contributed by atoms with Crippen molar-refractivity contribution in [3.63, 3.8) is 0 Å². The number of nitrogens with zero attached hydrogens (tertiary/aromatic N) is 1. The second-order valence-electron chi connectivity index (χ2n) is 5.83. The average molecular weight is 323 g/mol. The standard InChI is InChI=1S/C17H22FNO4/c18-14-4-6-15(7-5-14)23-11-9-16(20)19-10-1-2-13(12-19)3-8-17(21)22/h4-7,13H,1-3,8-12H2,(H,21,22)/t13-/m0/s1. The molecule has 1 atom stereocenters. The van der Waals surface area contributed by atoms with E-state index in [0.717, 1.165) is 19.4 Å². The Morgan fingerprint density at radius 2 is 2.00 bits per heavy atom. The zero-order chi connectivity index (χ0) is 16.7. The molecule has 0 spiro atoms. The number of carboxylic acids is 1. The summed E-state index contributed by atoms with van der Waals surface area (Å²) in [5.41, 5.74) is 0. The Labute approximate surface area is 135 Å². The Bertz CT molecular complexity index is 532. The molecule has 1 fully saturated rings. The van der Waals surface area contributed by atoms with E-state index in [-0.39, 0.29) is 37.1 Å². The smallest absolute Gasteiger partial charge is 0.303 e. The van der Waals surface area contributed by atoms with Crippen molar-refractivity contribution >= 4 is 11.9 Å². The molecule has 6 heteroatoms. The van der Waals surface area contributed by atoms with E-state index in [4.69, 9.17) is 9.84 Å². The van der Waals surface area contributed by atoms with E-state index in [2.05, 4.69) is 0 Å². The lowest BCUT2D eigenvalue weighted by molar-refractivity contribution is -0.137. The number of benzene rings is 1. The molecule has 1 aliphatic heterocycles. The average Bonchev–Trinajstić information content (AvgIpc) is 2.55. The van der Waals surface area contributed by atoms with Crippen LogP contribution in [0, 0.1) is 11.7 Å². The molecule has 0 aromatic heterocycles. The van der Waals surface area contributed by atoms with Gasteiger partial charge < -0.3 is 14.7 Å². The number of carbonyl (C=O) groups is 2. The maximum atomic E-state index is 12.8. The van der Waals surface area contributed by atoms with Crippen molar-refractivity contribution in [3.05, 3.63) is 30.1 Å². The summed E-state index contributed by atoms with van der Waals surface area (Å²) in [4.78, 5) is 24.6. The summed E-state index contributed by atoms with van der Waals surface area (Å²) < 4.78 is 18.2. The minimum atomic E-state index is -0.791. The summed E-state index contributed by atoms with van der Waals surface area (Å²) in [6.07, 6.45) is 2.92. The van der Waals surface area contributed by atoms with Gasteiger partial charge in [0.05, 0.1) is 13.0 Å². The number of ether oxygens (including phenoxy) is 1. The predicted molar refractivity (Wildman–Crippen MR) is 82.7 cm³/mol. The number of aliphatic carboxylic acids is 1. The maximum absolute atomic E-state index is 12.8. The lowest BCUT2D eigenvalue weighted by Gasteiger charge is -2.32. The Kier molecular flexibility index (Phi) is 6.38. The number of rotatable bonds is 7. The van der Waals surface area contributed by atoms with Gasteiger partial charge in [-0.1, -0.05) is 0 Å². The van der Waals surface area contributed by atoms with Gasteiger partial charge in [-0.05, 0) is 49.4 Å². The number of carbonyl (C=O) groups excluding carboxylic acids is 1. The molecule has 2 rings (SSSR count). The van der Waals surface area contributed by atoms with E-state index < -0.39 is 5.97 Å². The van der Waals surface area contributed by atoms with Crippen LogP contribution in [0.4, 0.5) is 4.39 Å². The molecule has 0 bridgehead atoms. The number of hydrogen-bond donors (Lipinski definition) is 1. The fraction of sp³-hybridized carbons (Fsp3) is 0.529. The largest absolute Gasteiger partial charge is 0.493 e. The van der Waals surface area contributed by atoms with E-state index in [9.17, 15) is 14.0 Å². The van der Waals surface area contributed by atoms with Crippen molar-refractivity contribution in [1.29, 1.82) is 0 Å². The zero-order valence-corrected chi connectivity index (χ0v) is 13.0. The summed E-state index contributed by atoms with van der Waals surface area (Å²) in [5, 5.41) is 8.74. The summed E-state index contributed by atoms with van der Waals surface area (Å²) in [7, 11) is 0. The van der Waals surface area contributed by atoms with E-state index in [1.165, 1.54) is 24.3 Å². The van der Waals surface area contributed by atoms with Crippen LogP contribution in [0.5, 0.6) is 5.75 Å². The van der Waals surface area contributed by atoms with Crippen LogP contribution in [0.2, 0.25) is 0 Å². The second-order valence-corrected chi connectivity index (χ2v) is 5.83. The van der Waals surface area contributed by atoms with Crippen LogP contribution < -0.4 is 4.74 Å². The fourth-order valence-corrected chi connectivity index (χ4v) is 2.80. The number of hydrogen-bond acceptors (Lipinski definition) is 3. The molecule has 1 aliphatic rings. The summed E-state index contributed by atoms with van der Waals surface area (Å²) in [6.45, 7) is 1.60. The summed E-state index contributed by atoms with van der Waals surface area (Å²) in [5.74, 6) is -0.290. The second kappa shape index (κ2) is 8.50. The molecule has 1 amide bonds. The lowest BCUT2D eigenvalue weighted by Crippen LogP contribution is -2.40. The highest BCUT2D eigenvalue weighted by Gasteiger charge is 2.23. The van der Waals surface area contributed by atoms with Crippen LogP contribution >= 0.6 is 0 Å². The zero-order valence-electron chi connectivity index (χ0n) is 13.0. The monoisotopic (exact) mass is 323 g/mol. The number of halogens is 1. The Balaban J connectivity index is 1.72. The number of piperidine rings is 1. The number of amides is 1. The van der Waals surface area contributed by atoms with Crippen molar-refractivity contribution in [2.45, 2.75) is 32.1 Å². The molecule has 0 radical (unpaired) electrons. The Morgan fingerprint density at radius 1 is 1.26 bits per heavy atom. The lowest BCUT2D eigenvalue weighted by atomic mass is 9.93. The van der Waals surface area contributed by atoms with Crippen molar-refractivity contribution < 1.29 is 23.8 Å². The van der Waals surface area contributed by atoms with Gasteiger partial charge in [-0.2, -0.15) is 0 Å². The van der Waals surface area contributed by atoms with Gasteiger partial charge in [-0.3, -0.25) is 9.59 Å². The molecule has 1 saturated heterocycles. The molecule has 23 heavy (non-hydrogen) atoms. The van der Waals surface area contributed by atoms with Gasteiger partial charge in [0.1, 0.15) is 11.6 Å². The minimum absolute atomic E-state index is 0.0205. The van der Waals surface area contributed by atoms with Crippen molar-refractivity contribution in [2.24, 2.45) is 5.92 Å². The van der Waals surface area contributed by atoms with E-state index in [1.54, 1.807) is 4.90 Å². The molecular weight excluding hydrogens is 301 g/mol. The quantitative estimate of drug-likeness (QED) is 0.838. The SMILES string of the molecule is O=C(O)CC[C@@H]1CCCN(C(=O)CCOc2ccc(F)cc2)C1. The highest BCUT2D eigenvalue weighted by Crippen LogP contribution is 2.21. The molecule has 1 heterocycles. The first-order valence-corrected chi connectivity index (χ1v) is 7.92. The van der Waals surface area contributed by atoms with Crippen molar-refractivity contribution in [2.75, 3.05) is 19.7 Å². The van der Waals surface area contributed by atoms with Gasteiger partial charge in [0.2, 0.25) is 5.91 Å². The van der Waals surface area contributed by atoms with Gasteiger partial charge in [0, 0.05) is 19.5 Å². The highest BCUT2D eigenvalue weighted by atomic mass is 19.1. The molecule has 5 nitrogen and oxygen atoms in total. The molecule has 126 valence electrons. The van der Waals surface area contributed by atoms with Gasteiger partial charge in [0.25, 0.3) is 0 Å². The molecule has 1 aromatic carbocycles. The third-order valence-electron chi connectivity index (χ3n) is 4.04. The van der Waals surface area contributed by atoms with Crippen molar-refractivity contribution in [3.8, 4) is 5.75 Å². The first kappa shape index (κ1) is 17.2. The van der Waals surface area contributed by atoms with Gasteiger partial charge in [-0.25, -0.2) is 4.39 Å². The maximum Gasteiger partial charge on any atom is 0.303 e. The Hall–Kier alpha value is -2.11. The highest BCUT2D eigenvalue weighted by molar-refractivity contribution is 5.76. The topological polar surface area (TPSA) is 66.8 Å². The molecule has 0 saturated carbocycles. The summed E-state index contributed by atoms with van der Waals surface area (Å²) >= 11 is 0. The van der Waals surface area contributed by atoms with Crippen LogP contribution in [0.3, 0.4) is 0 Å². The van der Waals surface area contributed by atoms with Crippen LogP contribution in [-0.4, -0.2) is 41.6 Å². The molecule has 1 N–H and O–H groups in total. The third-order valence-corrected chi connectivity index (χ3v) is 4.04. The number of carboxylic acid groups (broad SMARTS) is 1. The molecule has 0 unspecified atom stereocenters. The van der Waals surface area contributed by atoms with E-state index in [1.807, 2.05) is 0 Å². The third kappa shape index (κ3) is 5.88. The minimum Gasteiger partial charge on any atom is -0.493 e. The van der Waals surface area contributed by atoms with Crippen LogP contribution in [0.25, 0.3) is 0 Å². The molecule has 1 aromatic rings. The van der Waals surface area contributed by atoms with Gasteiger partial charge in [0.15, 0.2) is 0 Å². The Morgan fingerprint density at radius 3 is 2.70 bits per heavy atom. The first-order valence-electron chi connectivity index (χ1n) is 7.92. The molecular formula is C17H22FNO4. The van der Waals surface area contributed by atoms with Crippen LogP contribution in [-0.2, 0) is 9.59 Å². The predicted octanol–water partition coefficient (Wildman–Crippen LogP) is 2.70. The van der Waals surface area contributed by atoms with Gasteiger partial charge >= 0.3 is 5.97 Å². The van der Waals surface area contributed by atoms with Crippen LogP contribution in [0.1, 0.15) is 32.1 Å². The fourth-order valence-electron chi connectivity index (χ4n) is 2.80. The molecule has 0 aliphatic carbocycles. The summed E-state index contributed by atoms with van der Waals surface area (Å²) in [6, 6.07) is 5.69. The van der Waals surface area contributed by atoms with Crippen molar-refractivity contribution in [1.82, 2.24) is 4.90 Å².